The zero-order valence-electron chi connectivity index (χ0n) is 15.4. The summed E-state index contributed by atoms with van der Waals surface area (Å²) < 4.78 is 5.53. The van der Waals surface area contributed by atoms with Gasteiger partial charge < -0.3 is 19.9 Å². The number of likely N-dealkylation sites (tertiary alicyclic amines) is 2. The normalized spacial score (nSPS) is 26.5. The Bertz CT molecular complexity index is 381. The van der Waals surface area contributed by atoms with Gasteiger partial charge in [0, 0.05) is 25.2 Å². The Morgan fingerprint density at radius 1 is 1.13 bits per heavy atom. The van der Waals surface area contributed by atoms with Crippen molar-refractivity contribution in [1.29, 1.82) is 0 Å². The molecule has 0 radical (unpaired) electrons. The van der Waals surface area contributed by atoms with Crippen LogP contribution in [0.2, 0.25) is 0 Å². The van der Waals surface area contributed by atoms with Crippen LogP contribution in [0.25, 0.3) is 0 Å². The zero-order valence-corrected chi connectivity index (χ0v) is 15.4. The zero-order chi connectivity index (χ0) is 16.9. The van der Waals surface area contributed by atoms with E-state index in [0.717, 1.165) is 38.9 Å². The SMILES string of the molecule is CN1CCCCC1CNCCC1CCCN1C(=O)OC(C)(C)C. The highest BCUT2D eigenvalue weighted by molar-refractivity contribution is 5.68. The van der Waals surface area contributed by atoms with Crippen molar-refractivity contribution in [3.8, 4) is 0 Å². The Hall–Kier alpha value is -0.810. The summed E-state index contributed by atoms with van der Waals surface area (Å²) in [6.45, 7) is 9.89. The Morgan fingerprint density at radius 2 is 1.87 bits per heavy atom. The fourth-order valence-electron chi connectivity index (χ4n) is 3.64. The van der Waals surface area contributed by atoms with Gasteiger partial charge in [-0.3, -0.25) is 0 Å². The Morgan fingerprint density at radius 3 is 2.57 bits per heavy atom. The van der Waals surface area contributed by atoms with E-state index in [1.165, 1.54) is 25.8 Å². The summed E-state index contributed by atoms with van der Waals surface area (Å²) in [5, 5.41) is 3.60. The first-order valence-corrected chi connectivity index (χ1v) is 9.27. The summed E-state index contributed by atoms with van der Waals surface area (Å²) in [5.74, 6) is 0. The lowest BCUT2D eigenvalue weighted by Gasteiger charge is -2.33. The van der Waals surface area contributed by atoms with Gasteiger partial charge in [0.2, 0.25) is 0 Å². The monoisotopic (exact) mass is 325 g/mol. The quantitative estimate of drug-likeness (QED) is 0.790. The molecule has 0 aromatic rings. The molecule has 1 N–H and O–H groups in total. The van der Waals surface area contributed by atoms with Crippen molar-refractivity contribution in [2.24, 2.45) is 0 Å². The van der Waals surface area contributed by atoms with Crippen LogP contribution in [-0.4, -0.2) is 66.8 Å². The van der Waals surface area contributed by atoms with E-state index in [0.29, 0.717) is 12.1 Å². The molecule has 2 aliphatic heterocycles. The molecule has 0 aliphatic carbocycles. The Labute approximate surface area is 141 Å². The number of rotatable bonds is 5. The van der Waals surface area contributed by atoms with Gasteiger partial charge in [0.15, 0.2) is 0 Å². The molecule has 5 heteroatoms. The summed E-state index contributed by atoms with van der Waals surface area (Å²) in [5.41, 5.74) is -0.409. The number of hydrogen-bond acceptors (Lipinski definition) is 4. The molecule has 2 rings (SSSR count). The van der Waals surface area contributed by atoms with E-state index in [1.54, 1.807) is 0 Å². The summed E-state index contributed by atoms with van der Waals surface area (Å²) in [6.07, 6.45) is 7.06. The lowest BCUT2D eigenvalue weighted by molar-refractivity contribution is 0.0220. The maximum absolute atomic E-state index is 12.3. The van der Waals surface area contributed by atoms with Gasteiger partial charge in [-0.25, -0.2) is 4.79 Å². The van der Waals surface area contributed by atoms with Crippen molar-refractivity contribution < 1.29 is 9.53 Å². The lowest BCUT2D eigenvalue weighted by atomic mass is 10.0. The number of ether oxygens (including phenoxy) is 1. The van der Waals surface area contributed by atoms with E-state index >= 15 is 0 Å². The second-order valence-corrected chi connectivity index (χ2v) is 8.09. The maximum atomic E-state index is 12.3. The van der Waals surface area contributed by atoms with Crippen molar-refractivity contribution in [3.63, 3.8) is 0 Å². The molecule has 2 aliphatic rings. The van der Waals surface area contributed by atoms with Crippen LogP contribution >= 0.6 is 0 Å². The standard InChI is InChI=1S/C18H35N3O2/c1-18(2,3)23-17(22)21-13-7-9-15(21)10-11-19-14-16-8-5-6-12-20(16)4/h15-16,19H,5-14H2,1-4H3. The van der Waals surface area contributed by atoms with Gasteiger partial charge in [-0.15, -0.1) is 0 Å². The topological polar surface area (TPSA) is 44.8 Å². The number of likely N-dealkylation sites (N-methyl/N-ethyl adjacent to an activating group) is 1. The van der Waals surface area contributed by atoms with Gasteiger partial charge in [0.05, 0.1) is 0 Å². The van der Waals surface area contributed by atoms with Crippen LogP contribution < -0.4 is 5.32 Å². The van der Waals surface area contributed by atoms with Crippen LogP contribution in [0.4, 0.5) is 4.79 Å². The first-order chi connectivity index (χ1) is 10.9. The molecule has 0 spiro atoms. The third kappa shape index (κ3) is 5.96. The number of amides is 1. The Balaban J connectivity index is 1.69. The van der Waals surface area contributed by atoms with Gasteiger partial charge in [0.1, 0.15) is 5.60 Å². The van der Waals surface area contributed by atoms with Crippen LogP contribution in [-0.2, 0) is 4.74 Å². The maximum Gasteiger partial charge on any atom is 0.410 e. The lowest BCUT2D eigenvalue weighted by Crippen LogP contribution is -2.44. The number of carbonyl (C=O) groups is 1. The fourth-order valence-corrected chi connectivity index (χ4v) is 3.64. The third-order valence-electron chi connectivity index (χ3n) is 4.96. The van der Waals surface area contributed by atoms with Crippen LogP contribution in [0.15, 0.2) is 0 Å². The first kappa shape index (κ1) is 18.5. The second-order valence-electron chi connectivity index (χ2n) is 8.09. The minimum Gasteiger partial charge on any atom is -0.444 e. The summed E-state index contributed by atoms with van der Waals surface area (Å²) in [7, 11) is 2.23. The van der Waals surface area contributed by atoms with Gasteiger partial charge in [0.25, 0.3) is 0 Å². The van der Waals surface area contributed by atoms with Crippen LogP contribution in [0.1, 0.15) is 59.3 Å². The molecule has 1 amide bonds. The van der Waals surface area contributed by atoms with E-state index in [-0.39, 0.29) is 6.09 Å². The van der Waals surface area contributed by atoms with Crippen LogP contribution in [0, 0.1) is 0 Å². The highest BCUT2D eigenvalue weighted by Crippen LogP contribution is 2.22. The molecular weight excluding hydrogens is 290 g/mol. The minimum atomic E-state index is -0.409. The summed E-state index contributed by atoms with van der Waals surface area (Å²) in [4.78, 5) is 16.7. The predicted molar refractivity (Wildman–Crippen MR) is 93.7 cm³/mol. The first-order valence-electron chi connectivity index (χ1n) is 9.27. The van der Waals surface area contributed by atoms with Gasteiger partial charge in [-0.1, -0.05) is 6.42 Å². The number of nitrogens with one attached hydrogen (secondary N) is 1. The highest BCUT2D eigenvalue weighted by Gasteiger charge is 2.31. The molecule has 2 heterocycles. The van der Waals surface area contributed by atoms with E-state index in [4.69, 9.17) is 4.74 Å². The van der Waals surface area contributed by atoms with Crippen LogP contribution in [0.5, 0.6) is 0 Å². The van der Waals surface area contributed by atoms with Crippen molar-refractivity contribution in [1.82, 2.24) is 15.1 Å². The van der Waals surface area contributed by atoms with E-state index in [2.05, 4.69) is 17.3 Å². The van der Waals surface area contributed by atoms with Crippen molar-refractivity contribution in [2.45, 2.75) is 77.0 Å². The molecule has 134 valence electrons. The Kier molecular flexibility index (Phi) is 6.72. The van der Waals surface area contributed by atoms with Gasteiger partial charge in [-0.2, -0.15) is 0 Å². The predicted octanol–water partition coefficient (Wildman–Crippen LogP) is 2.85. The number of carbonyl (C=O) groups excluding carboxylic acids is 1. The van der Waals surface area contributed by atoms with Crippen molar-refractivity contribution >= 4 is 6.09 Å². The minimum absolute atomic E-state index is 0.146. The molecule has 2 saturated heterocycles. The summed E-state index contributed by atoms with van der Waals surface area (Å²) >= 11 is 0. The average molecular weight is 325 g/mol. The second kappa shape index (κ2) is 8.34. The molecule has 0 aromatic carbocycles. The van der Waals surface area contributed by atoms with Gasteiger partial charge >= 0.3 is 6.09 Å². The molecule has 0 aromatic heterocycles. The van der Waals surface area contributed by atoms with E-state index < -0.39 is 5.60 Å². The molecular formula is C18H35N3O2. The highest BCUT2D eigenvalue weighted by atomic mass is 16.6. The van der Waals surface area contributed by atoms with Gasteiger partial charge in [-0.05, 0) is 73.0 Å². The van der Waals surface area contributed by atoms with Crippen LogP contribution in [0.3, 0.4) is 0 Å². The van der Waals surface area contributed by atoms with E-state index in [1.807, 2.05) is 25.7 Å². The largest absolute Gasteiger partial charge is 0.444 e. The molecule has 2 atom stereocenters. The molecule has 2 unspecified atom stereocenters. The third-order valence-corrected chi connectivity index (χ3v) is 4.96. The van der Waals surface area contributed by atoms with Crippen molar-refractivity contribution in [3.05, 3.63) is 0 Å². The molecule has 0 bridgehead atoms. The molecule has 2 fully saturated rings. The summed E-state index contributed by atoms with van der Waals surface area (Å²) in [6, 6.07) is 1.01. The smallest absolute Gasteiger partial charge is 0.410 e. The molecule has 0 saturated carbocycles. The van der Waals surface area contributed by atoms with Crippen molar-refractivity contribution in [2.75, 3.05) is 33.2 Å². The number of nitrogens with zero attached hydrogens (tertiary/aromatic N) is 2. The molecule has 23 heavy (non-hydrogen) atoms. The number of piperidine rings is 1. The average Bonchev–Trinajstić information content (AvgIpc) is 2.92. The van der Waals surface area contributed by atoms with E-state index in [9.17, 15) is 4.79 Å². The number of hydrogen-bond donors (Lipinski definition) is 1. The molecule has 5 nitrogen and oxygen atoms in total. The fraction of sp³-hybridized carbons (Fsp3) is 0.944.